The van der Waals surface area contributed by atoms with E-state index in [1.54, 1.807) is 12.1 Å². The number of benzene rings is 2. The molecule has 1 atom stereocenters. The molecule has 4 rings (SSSR count). The lowest BCUT2D eigenvalue weighted by Crippen LogP contribution is -2.34. The van der Waals surface area contributed by atoms with Crippen LogP contribution in [0.2, 0.25) is 0 Å². The molecule has 0 aliphatic carbocycles. The van der Waals surface area contributed by atoms with Crippen molar-refractivity contribution in [2.45, 2.75) is 25.3 Å². The van der Waals surface area contributed by atoms with E-state index in [2.05, 4.69) is 15.0 Å². The highest BCUT2D eigenvalue weighted by Gasteiger charge is 2.26. The fourth-order valence-corrected chi connectivity index (χ4v) is 3.39. The second-order valence-electron chi connectivity index (χ2n) is 6.67. The molecule has 0 bridgehead atoms. The van der Waals surface area contributed by atoms with Gasteiger partial charge in [-0.1, -0.05) is 29.4 Å². The molecule has 1 saturated heterocycles. The van der Waals surface area contributed by atoms with Gasteiger partial charge in [0.25, 0.3) is 0 Å². The van der Waals surface area contributed by atoms with Crippen LogP contribution in [-0.2, 0) is 6.54 Å². The Balaban J connectivity index is 1.45. The molecule has 1 unspecified atom stereocenters. The van der Waals surface area contributed by atoms with Crippen molar-refractivity contribution in [3.8, 4) is 11.4 Å². The van der Waals surface area contributed by atoms with Crippen LogP contribution in [0.15, 0.2) is 53.1 Å². The van der Waals surface area contributed by atoms with Crippen LogP contribution in [0.25, 0.3) is 11.4 Å². The molecule has 2 heterocycles. The molecule has 0 spiro atoms. The topological polar surface area (TPSA) is 42.2 Å². The summed E-state index contributed by atoms with van der Waals surface area (Å²) in [6, 6.07) is 12.8. The number of hydrogen-bond donors (Lipinski definition) is 0. The molecule has 0 radical (unpaired) electrons. The lowest BCUT2D eigenvalue weighted by atomic mass is 9.97. The van der Waals surface area contributed by atoms with Crippen molar-refractivity contribution in [1.29, 1.82) is 0 Å². The molecule has 0 N–H and O–H groups in total. The third kappa shape index (κ3) is 3.80. The number of halogens is 2. The summed E-state index contributed by atoms with van der Waals surface area (Å²) < 4.78 is 31.9. The Kier molecular flexibility index (Phi) is 4.75. The monoisotopic (exact) mass is 355 g/mol. The maximum Gasteiger partial charge on any atom is 0.231 e. The Labute approximate surface area is 150 Å². The lowest BCUT2D eigenvalue weighted by molar-refractivity contribution is 0.180. The Bertz CT molecular complexity index is 879. The summed E-state index contributed by atoms with van der Waals surface area (Å²) in [4.78, 5) is 6.79. The van der Waals surface area contributed by atoms with Gasteiger partial charge < -0.3 is 4.52 Å². The van der Waals surface area contributed by atoms with Gasteiger partial charge in [-0.05, 0) is 49.2 Å². The molecule has 134 valence electrons. The fourth-order valence-electron chi connectivity index (χ4n) is 3.39. The molecule has 0 saturated carbocycles. The number of piperidine rings is 1. The minimum atomic E-state index is -0.322. The van der Waals surface area contributed by atoms with Crippen molar-refractivity contribution in [3.63, 3.8) is 0 Å². The van der Waals surface area contributed by atoms with Crippen LogP contribution in [-0.4, -0.2) is 28.1 Å². The first-order valence-corrected chi connectivity index (χ1v) is 8.74. The van der Waals surface area contributed by atoms with E-state index in [-0.39, 0.29) is 17.6 Å². The average Bonchev–Trinajstić information content (AvgIpc) is 3.14. The highest BCUT2D eigenvalue weighted by molar-refractivity contribution is 5.53. The molecule has 1 aliphatic rings. The zero-order chi connectivity index (χ0) is 17.9. The van der Waals surface area contributed by atoms with E-state index in [1.165, 1.54) is 24.3 Å². The quantitative estimate of drug-likeness (QED) is 0.696. The molecule has 1 aromatic heterocycles. The maximum absolute atomic E-state index is 13.4. The first-order chi connectivity index (χ1) is 12.7. The van der Waals surface area contributed by atoms with E-state index in [0.717, 1.165) is 38.0 Å². The zero-order valence-corrected chi connectivity index (χ0v) is 14.2. The van der Waals surface area contributed by atoms with Crippen molar-refractivity contribution in [2.24, 2.45) is 0 Å². The summed E-state index contributed by atoms with van der Waals surface area (Å²) >= 11 is 0. The third-order valence-electron chi connectivity index (χ3n) is 4.70. The Hall–Kier alpha value is -2.60. The standard InChI is InChI=1S/C20H19F2N3O/c21-17-8-6-14(7-9-17)12-25-10-2-4-16(13-25)20-23-19(24-26-20)15-3-1-5-18(22)11-15/h1,3,5-9,11,16H,2,4,10,12-13H2. The van der Waals surface area contributed by atoms with Gasteiger partial charge in [0.2, 0.25) is 11.7 Å². The van der Waals surface area contributed by atoms with Crippen LogP contribution >= 0.6 is 0 Å². The predicted octanol–water partition coefficient (Wildman–Crippen LogP) is 4.39. The van der Waals surface area contributed by atoms with Gasteiger partial charge in [0.05, 0.1) is 5.92 Å². The first-order valence-electron chi connectivity index (χ1n) is 8.74. The van der Waals surface area contributed by atoms with Gasteiger partial charge in [0.1, 0.15) is 11.6 Å². The Morgan fingerprint density at radius 3 is 2.73 bits per heavy atom. The number of aromatic nitrogens is 2. The molecule has 3 aromatic rings. The molecular formula is C20H19F2N3O. The highest BCUT2D eigenvalue weighted by atomic mass is 19.1. The first kappa shape index (κ1) is 16.8. The second kappa shape index (κ2) is 7.33. The van der Waals surface area contributed by atoms with E-state index in [0.29, 0.717) is 17.3 Å². The third-order valence-corrected chi connectivity index (χ3v) is 4.70. The van der Waals surface area contributed by atoms with Crippen LogP contribution < -0.4 is 0 Å². The summed E-state index contributed by atoms with van der Waals surface area (Å²) in [6.45, 7) is 2.56. The summed E-state index contributed by atoms with van der Waals surface area (Å²) in [7, 11) is 0. The largest absolute Gasteiger partial charge is 0.339 e. The average molecular weight is 355 g/mol. The molecule has 1 fully saturated rings. The number of likely N-dealkylation sites (tertiary alicyclic amines) is 1. The normalized spacial score (nSPS) is 18.2. The van der Waals surface area contributed by atoms with Gasteiger partial charge in [-0.2, -0.15) is 4.98 Å². The summed E-state index contributed by atoms with van der Waals surface area (Å²) in [5.41, 5.74) is 1.69. The molecular weight excluding hydrogens is 336 g/mol. The van der Waals surface area contributed by atoms with Gasteiger partial charge in [-0.25, -0.2) is 8.78 Å². The van der Waals surface area contributed by atoms with E-state index < -0.39 is 0 Å². The fraction of sp³-hybridized carbons (Fsp3) is 0.300. The van der Waals surface area contributed by atoms with Gasteiger partial charge in [-0.3, -0.25) is 4.90 Å². The van der Waals surface area contributed by atoms with Gasteiger partial charge in [0.15, 0.2) is 0 Å². The summed E-state index contributed by atoms with van der Waals surface area (Å²) in [5, 5.41) is 4.01. The van der Waals surface area contributed by atoms with Gasteiger partial charge >= 0.3 is 0 Å². The Morgan fingerprint density at radius 2 is 1.92 bits per heavy atom. The van der Waals surface area contributed by atoms with E-state index >= 15 is 0 Å². The van der Waals surface area contributed by atoms with Crippen molar-refractivity contribution in [1.82, 2.24) is 15.0 Å². The molecule has 1 aliphatic heterocycles. The molecule has 6 heteroatoms. The SMILES string of the molecule is Fc1ccc(CN2CCCC(c3nc(-c4cccc(F)c4)no3)C2)cc1. The molecule has 26 heavy (non-hydrogen) atoms. The Morgan fingerprint density at radius 1 is 1.08 bits per heavy atom. The molecule has 0 amide bonds. The maximum atomic E-state index is 13.4. The van der Waals surface area contributed by atoms with Crippen LogP contribution in [0.4, 0.5) is 8.78 Å². The van der Waals surface area contributed by atoms with Crippen LogP contribution in [0, 0.1) is 11.6 Å². The number of nitrogens with zero attached hydrogens (tertiary/aromatic N) is 3. The van der Waals surface area contributed by atoms with Crippen LogP contribution in [0.5, 0.6) is 0 Å². The minimum Gasteiger partial charge on any atom is -0.339 e. The van der Waals surface area contributed by atoms with Crippen molar-refractivity contribution < 1.29 is 13.3 Å². The van der Waals surface area contributed by atoms with Gasteiger partial charge in [-0.15, -0.1) is 0 Å². The van der Waals surface area contributed by atoms with E-state index in [1.807, 2.05) is 12.1 Å². The van der Waals surface area contributed by atoms with Crippen molar-refractivity contribution in [3.05, 3.63) is 71.6 Å². The van der Waals surface area contributed by atoms with Crippen molar-refractivity contribution >= 4 is 0 Å². The number of rotatable bonds is 4. The van der Waals surface area contributed by atoms with Gasteiger partial charge in [0, 0.05) is 18.7 Å². The minimum absolute atomic E-state index is 0.152. The summed E-state index contributed by atoms with van der Waals surface area (Å²) in [6.07, 6.45) is 2.01. The lowest BCUT2D eigenvalue weighted by Gasteiger charge is -2.30. The van der Waals surface area contributed by atoms with Crippen LogP contribution in [0.1, 0.15) is 30.2 Å². The highest BCUT2D eigenvalue weighted by Crippen LogP contribution is 2.28. The van der Waals surface area contributed by atoms with E-state index in [4.69, 9.17) is 4.52 Å². The zero-order valence-electron chi connectivity index (χ0n) is 14.2. The molecule has 4 nitrogen and oxygen atoms in total. The summed E-state index contributed by atoms with van der Waals surface area (Å²) in [5.74, 6) is 0.611. The second-order valence-corrected chi connectivity index (χ2v) is 6.67. The number of hydrogen-bond acceptors (Lipinski definition) is 4. The van der Waals surface area contributed by atoms with E-state index in [9.17, 15) is 8.78 Å². The van der Waals surface area contributed by atoms with Crippen LogP contribution in [0.3, 0.4) is 0 Å². The molecule has 2 aromatic carbocycles. The smallest absolute Gasteiger partial charge is 0.231 e. The predicted molar refractivity (Wildman–Crippen MR) is 93.3 cm³/mol. The van der Waals surface area contributed by atoms with Crippen molar-refractivity contribution in [2.75, 3.05) is 13.1 Å².